The molecular weight excluding hydrogens is 212 g/mol. The van der Waals surface area contributed by atoms with Gasteiger partial charge in [0, 0.05) is 5.02 Å². The number of hydrogen-bond donors (Lipinski definition) is 2. The van der Waals surface area contributed by atoms with Crippen LogP contribution in [0, 0.1) is 0 Å². The fourth-order valence-electron chi connectivity index (χ4n) is 2.23. The Hall–Kier alpha value is -0.570. The Morgan fingerprint density at radius 2 is 2.13 bits per heavy atom. The van der Waals surface area contributed by atoms with Gasteiger partial charge in [0.25, 0.3) is 0 Å². The lowest BCUT2D eigenvalue weighted by atomic mass is 9.77. The molecule has 2 rings (SSSR count). The van der Waals surface area contributed by atoms with Crippen LogP contribution in [0.4, 0.5) is 0 Å². The zero-order chi connectivity index (χ0) is 10.9. The summed E-state index contributed by atoms with van der Waals surface area (Å²) in [6.45, 7) is 0. The molecule has 3 heteroatoms. The number of rotatable bonds is 1. The number of aliphatic hydroxyl groups excluding tert-OH is 1. The van der Waals surface area contributed by atoms with Gasteiger partial charge < -0.3 is 10.2 Å². The van der Waals surface area contributed by atoms with Crippen molar-refractivity contribution in [3.05, 3.63) is 34.9 Å². The maximum atomic E-state index is 10.4. The smallest absolute Gasteiger partial charge is 0.115 e. The lowest BCUT2D eigenvalue weighted by Gasteiger charge is -2.37. The fourth-order valence-corrected chi connectivity index (χ4v) is 2.42. The molecule has 82 valence electrons. The van der Waals surface area contributed by atoms with Gasteiger partial charge in [-0.05, 0) is 30.5 Å². The summed E-state index contributed by atoms with van der Waals surface area (Å²) in [7, 11) is 0. The summed E-state index contributed by atoms with van der Waals surface area (Å²) in [6, 6.07) is 7.12. The maximum absolute atomic E-state index is 10.4. The van der Waals surface area contributed by atoms with Gasteiger partial charge in [-0.15, -0.1) is 0 Å². The van der Waals surface area contributed by atoms with Crippen molar-refractivity contribution < 1.29 is 10.2 Å². The second-order valence-electron chi connectivity index (χ2n) is 4.20. The van der Waals surface area contributed by atoms with Crippen LogP contribution in [0.5, 0.6) is 0 Å². The van der Waals surface area contributed by atoms with Crippen molar-refractivity contribution in [1.29, 1.82) is 0 Å². The van der Waals surface area contributed by atoms with Gasteiger partial charge in [-0.1, -0.05) is 36.6 Å². The molecule has 0 aliphatic heterocycles. The average molecular weight is 227 g/mol. The summed E-state index contributed by atoms with van der Waals surface area (Å²) >= 11 is 5.88. The molecular formula is C12H15ClO2. The minimum Gasteiger partial charge on any atom is -0.390 e. The summed E-state index contributed by atoms with van der Waals surface area (Å²) in [4.78, 5) is 0. The third-order valence-electron chi connectivity index (χ3n) is 3.16. The van der Waals surface area contributed by atoms with Crippen LogP contribution in [0.25, 0.3) is 0 Å². The molecule has 1 aromatic rings. The van der Waals surface area contributed by atoms with Gasteiger partial charge in [-0.2, -0.15) is 0 Å². The van der Waals surface area contributed by atoms with Gasteiger partial charge >= 0.3 is 0 Å². The van der Waals surface area contributed by atoms with E-state index in [9.17, 15) is 10.2 Å². The van der Waals surface area contributed by atoms with E-state index in [1.54, 1.807) is 18.2 Å². The number of halogens is 1. The highest BCUT2D eigenvalue weighted by Crippen LogP contribution is 2.37. The third-order valence-corrected chi connectivity index (χ3v) is 3.40. The van der Waals surface area contributed by atoms with E-state index in [2.05, 4.69) is 0 Å². The molecule has 0 bridgehead atoms. The lowest BCUT2D eigenvalue weighted by molar-refractivity contribution is -0.106. The largest absolute Gasteiger partial charge is 0.390 e. The van der Waals surface area contributed by atoms with Crippen LogP contribution in [-0.4, -0.2) is 16.3 Å². The lowest BCUT2D eigenvalue weighted by Crippen LogP contribution is -2.42. The van der Waals surface area contributed by atoms with Crippen molar-refractivity contribution in [3.63, 3.8) is 0 Å². The van der Waals surface area contributed by atoms with Crippen LogP contribution in [0.15, 0.2) is 24.3 Å². The third kappa shape index (κ3) is 2.03. The first-order valence-electron chi connectivity index (χ1n) is 5.29. The summed E-state index contributed by atoms with van der Waals surface area (Å²) in [5.74, 6) is 0. The van der Waals surface area contributed by atoms with Crippen molar-refractivity contribution in [3.8, 4) is 0 Å². The molecule has 15 heavy (non-hydrogen) atoms. The molecule has 0 spiro atoms. The van der Waals surface area contributed by atoms with Gasteiger partial charge in [0.05, 0.1) is 6.10 Å². The van der Waals surface area contributed by atoms with E-state index < -0.39 is 11.7 Å². The second kappa shape index (κ2) is 4.12. The highest BCUT2D eigenvalue weighted by molar-refractivity contribution is 6.30. The number of aliphatic hydroxyl groups is 2. The Morgan fingerprint density at radius 1 is 1.33 bits per heavy atom. The quantitative estimate of drug-likeness (QED) is 0.773. The van der Waals surface area contributed by atoms with Crippen molar-refractivity contribution in [2.75, 3.05) is 0 Å². The Kier molecular flexibility index (Phi) is 3.01. The van der Waals surface area contributed by atoms with Crippen molar-refractivity contribution >= 4 is 11.6 Å². The van der Waals surface area contributed by atoms with Crippen molar-refractivity contribution in [2.45, 2.75) is 37.4 Å². The predicted octanol–water partition coefficient (Wildman–Crippen LogP) is 2.46. The van der Waals surface area contributed by atoms with E-state index >= 15 is 0 Å². The molecule has 1 aromatic carbocycles. The minimum atomic E-state index is -1.11. The molecule has 1 fully saturated rings. The zero-order valence-electron chi connectivity index (χ0n) is 8.49. The molecule has 2 atom stereocenters. The summed E-state index contributed by atoms with van der Waals surface area (Å²) < 4.78 is 0. The topological polar surface area (TPSA) is 40.5 Å². The summed E-state index contributed by atoms with van der Waals surface area (Å²) in [5, 5.41) is 20.9. The van der Waals surface area contributed by atoms with Crippen LogP contribution >= 0.6 is 11.6 Å². The number of hydrogen-bond acceptors (Lipinski definition) is 2. The molecule has 0 amide bonds. The van der Waals surface area contributed by atoms with Crippen LogP contribution < -0.4 is 0 Å². The van der Waals surface area contributed by atoms with Gasteiger partial charge in [-0.25, -0.2) is 0 Å². The molecule has 0 saturated heterocycles. The average Bonchev–Trinajstić information content (AvgIpc) is 2.23. The van der Waals surface area contributed by atoms with E-state index in [4.69, 9.17) is 11.6 Å². The van der Waals surface area contributed by atoms with Crippen LogP contribution in [-0.2, 0) is 5.60 Å². The Bertz CT molecular complexity index is 353. The summed E-state index contributed by atoms with van der Waals surface area (Å²) in [6.07, 6.45) is 2.51. The van der Waals surface area contributed by atoms with Gasteiger partial charge in [0.15, 0.2) is 0 Å². The van der Waals surface area contributed by atoms with E-state index in [1.165, 1.54) is 0 Å². The number of benzene rings is 1. The highest BCUT2D eigenvalue weighted by Gasteiger charge is 2.39. The van der Waals surface area contributed by atoms with Crippen molar-refractivity contribution in [1.82, 2.24) is 0 Å². The Labute approximate surface area is 94.5 Å². The van der Waals surface area contributed by atoms with Crippen LogP contribution in [0.3, 0.4) is 0 Å². The van der Waals surface area contributed by atoms with Gasteiger partial charge in [0.2, 0.25) is 0 Å². The Morgan fingerprint density at radius 3 is 2.80 bits per heavy atom. The molecule has 1 saturated carbocycles. The van der Waals surface area contributed by atoms with Crippen LogP contribution in [0.1, 0.15) is 31.2 Å². The Balaban J connectivity index is 2.34. The standard InChI is InChI=1S/C12H15ClO2/c13-10-5-3-4-9(8-10)12(15)7-2-1-6-11(12)14/h3-5,8,11,14-15H,1-2,6-7H2/t11-,12-/m1/s1. The molecule has 0 radical (unpaired) electrons. The zero-order valence-corrected chi connectivity index (χ0v) is 9.24. The predicted molar refractivity (Wildman–Crippen MR) is 59.8 cm³/mol. The molecule has 1 aliphatic rings. The second-order valence-corrected chi connectivity index (χ2v) is 4.63. The molecule has 1 aliphatic carbocycles. The van der Waals surface area contributed by atoms with E-state index in [-0.39, 0.29) is 0 Å². The van der Waals surface area contributed by atoms with Crippen molar-refractivity contribution in [2.24, 2.45) is 0 Å². The normalized spacial score (nSPS) is 31.5. The summed E-state index contributed by atoms with van der Waals surface area (Å²) in [5.41, 5.74) is -0.384. The first-order valence-corrected chi connectivity index (χ1v) is 5.67. The molecule has 2 nitrogen and oxygen atoms in total. The molecule has 0 aromatic heterocycles. The monoisotopic (exact) mass is 226 g/mol. The molecule has 0 heterocycles. The van der Waals surface area contributed by atoms with E-state index in [1.807, 2.05) is 6.07 Å². The van der Waals surface area contributed by atoms with Gasteiger partial charge in [-0.3, -0.25) is 0 Å². The molecule has 0 unspecified atom stereocenters. The minimum absolute atomic E-state index is 0.596. The van der Waals surface area contributed by atoms with E-state index in [0.717, 1.165) is 18.4 Å². The maximum Gasteiger partial charge on any atom is 0.115 e. The molecule has 2 N–H and O–H groups in total. The fraction of sp³-hybridized carbons (Fsp3) is 0.500. The van der Waals surface area contributed by atoms with Crippen LogP contribution in [0.2, 0.25) is 5.02 Å². The first kappa shape index (κ1) is 10.9. The highest BCUT2D eigenvalue weighted by atomic mass is 35.5. The van der Waals surface area contributed by atoms with Gasteiger partial charge in [0.1, 0.15) is 5.60 Å². The first-order chi connectivity index (χ1) is 7.13. The van der Waals surface area contributed by atoms with E-state index in [0.29, 0.717) is 17.9 Å². The SMILES string of the molecule is O[C@@H]1CCCC[C@@]1(O)c1cccc(Cl)c1.